The summed E-state index contributed by atoms with van der Waals surface area (Å²) in [7, 11) is 0. The molecular weight excluding hydrogens is 338 g/mol. The summed E-state index contributed by atoms with van der Waals surface area (Å²) in [4.78, 5) is 0. The third-order valence-electron chi connectivity index (χ3n) is 3.93. The van der Waals surface area contributed by atoms with Gasteiger partial charge >= 0.3 is 0 Å². The molecule has 0 saturated heterocycles. The Morgan fingerprint density at radius 3 is 2.96 bits per heavy atom. The van der Waals surface area contributed by atoms with Crippen molar-refractivity contribution >= 4 is 28.2 Å². The molecule has 0 fully saturated rings. The number of hydrogen-bond acceptors (Lipinski definition) is 4. The highest BCUT2D eigenvalue weighted by molar-refractivity contribution is 6.30. The van der Waals surface area contributed by atoms with Crippen LogP contribution in [0.1, 0.15) is 17.5 Å². The Morgan fingerprint density at radius 2 is 2.08 bits per heavy atom. The molecule has 25 heavy (non-hydrogen) atoms. The van der Waals surface area contributed by atoms with Crippen LogP contribution in [0.15, 0.2) is 60.9 Å². The summed E-state index contributed by atoms with van der Waals surface area (Å²) < 4.78 is 1.78. The lowest BCUT2D eigenvalue weighted by Crippen LogP contribution is -2.10. The van der Waals surface area contributed by atoms with E-state index in [4.69, 9.17) is 11.6 Å². The maximum absolute atomic E-state index is 10.5. The summed E-state index contributed by atoms with van der Waals surface area (Å²) in [6, 6.07) is 15.3. The maximum atomic E-state index is 10.5. The van der Waals surface area contributed by atoms with Gasteiger partial charge in [-0.05, 0) is 23.8 Å². The molecule has 0 bridgehead atoms. The summed E-state index contributed by atoms with van der Waals surface area (Å²) in [5.74, 6) is 0. The van der Waals surface area contributed by atoms with Crippen LogP contribution in [0, 0.1) is 0 Å². The van der Waals surface area contributed by atoms with E-state index in [1.54, 1.807) is 10.9 Å². The van der Waals surface area contributed by atoms with E-state index in [0.717, 1.165) is 16.5 Å². The lowest BCUT2D eigenvalue weighted by atomic mass is 10.2. The second-order valence-electron chi connectivity index (χ2n) is 5.76. The van der Waals surface area contributed by atoms with E-state index in [1.807, 2.05) is 54.7 Å². The van der Waals surface area contributed by atoms with Crippen molar-refractivity contribution in [3.05, 3.63) is 77.2 Å². The molecule has 0 aliphatic heterocycles. The van der Waals surface area contributed by atoms with Gasteiger partial charge in [-0.1, -0.05) is 41.9 Å². The quantitative estimate of drug-likeness (QED) is 0.479. The lowest BCUT2D eigenvalue weighted by Gasteiger charge is -2.11. The molecule has 126 valence electrons. The zero-order valence-electron chi connectivity index (χ0n) is 13.2. The minimum Gasteiger partial charge on any atom is -0.368 e. The molecule has 0 amide bonds. The number of hydrogen-bond donors (Lipinski definition) is 3. The first-order valence-electron chi connectivity index (χ1n) is 7.83. The zero-order chi connectivity index (χ0) is 17.2. The van der Waals surface area contributed by atoms with Gasteiger partial charge in [0, 0.05) is 16.6 Å². The molecule has 0 aliphatic carbocycles. The molecule has 4 aromatic rings. The van der Waals surface area contributed by atoms with Crippen molar-refractivity contribution in [1.29, 1.82) is 0 Å². The van der Waals surface area contributed by atoms with Crippen LogP contribution in [-0.2, 0) is 6.54 Å². The van der Waals surface area contributed by atoms with Crippen LogP contribution in [0.2, 0.25) is 5.02 Å². The standard InChI is InChI=1S/C18H16ClN5O/c19-13-5-3-4-12(8-13)10-24-11-14(9-20-24)21-18(25)17-15-6-1-2-7-16(15)22-23-17/h1-9,11,18,21,25H,10H2,(H,22,23). The number of H-pyrrole nitrogens is 1. The number of anilines is 1. The van der Waals surface area contributed by atoms with Crippen molar-refractivity contribution < 1.29 is 5.11 Å². The van der Waals surface area contributed by atoms with E-state index in [1.165, 1.54) is 0 Å². The number of halogens is 1. The summed E-state index contributed by atoms with van der Waals surface area (Å²) >= 11 is 6.01. The van der Waals surface area contributed by atoms with Crippen LogP contribution < -0.4 is 5.32 Å². The largest absolute Gasteiger partial charge is 0.368 e. The van der Waals surface area contributed by atoms with E-state index < -0.39 is 6.23 Å². The van der Waals surface area contributed by atoms with Gasteiger partial charge < -0.3 is 10.4 Å². The van der Waals surface area contributed by atoms with Crippen LogP contribution >= 0.6 is 11.6 Å². The molecule has 0 aliphatic rings. The predicted octanol–water partition coefficient (Wildman–Crippen LogP) is 3.56. The molecule has 3 N–H and O–H groups in total. The summed E-state index contributed by atoms with van der Waals surface area (Å²) in [5, 5.41) is 26.5. The minimum absolute atomic E-state index is 0.603. The number of benzene rings is 2. The van der Waals surface area contributed by atoms with Gasteiger partial charge in [0.25, 0.3) is 0 Å². The van der Waals surface area contributed by atoms with Crippen LogP contribution in [-0.4, -0.2) is 25.1 Å². The molecule has 4 rings (SSSR count). The smallest absolute Gasteiger partial charge is 0.168 e. The van der Waals surface area contributed by atoms with Crippen molar-refractivity contribution in [2.45, 2.75) is 12.8 Å². The van der Waals surface area contributed by atoms with Crippen LogP contribution in [0.25, 0.3) is 10.9 Å². The molecule has 1 atom stereocenters. The van der Waals surface area contributed by atoms with Crippen LogP contribution in [0.4, 0.5) is 5.69 Å². The van der Waals surface area contributed by atoms with E-state index in [-0.39, 0.29) is 0 Å². The molecule has 0 spiro atoms. The van der Waals surface area contributed by atoms with Gasteiger partial charge in [-0.2, -0.15) is 10.2 Å². The van der Waals surface area contributed by atoms with E-state index in [9.17, 15) is 5.11 Å². The van der Waals surface area contributed by atoms with Gasteiger partial charge in [-0.3, -0.25) is 9.78 Å². The Morgan fingerprint density at radius 1 is 1.20 bits per heavy atom. The summed E-state index contributed by atoms with van der Waals surface area (Å²) in [5.41, 5.74) is 3.21. The minimum atomic E-state index is -0.906. The molecular formula is C18H16ClN5O. The fourth-order valence-corrected chi connectivity index (χ4v) is 2.98. The molecule has 6 nitrogen and oxygen atoms in total. The monoisotopic (exact) mass is 353 g/mol. The molecule has 0 saturated carbocycles. The molecule has 1 unspecified atom stereocenters. The number of aromatic nitrogens is 4. The Labute approximate surface area is 149 Å². The number of aliphatic hydroxyl groups excluding tert-OH is 1. The first kappa shape index (κ1) is 15.7. The average Bonchev–Trinajstić information content (AvgIpc) is 3.21. The van der Waals surface area contributed by atoms with Gasteiger partial charge in [0.05, 0.1) is 29.6 Å². The Hall–Kier alpha value is -2.83. The van der Waals surface area contributed by atoms with Crippen molar-refractivity contribution in [2.75, 3.05) is 5.32 Å². The van der Waals surface area contributed by atoms with Gasteiger partial charge in [-0.15, -0.1) is 0 Å². The van der Waals surface area contributed by atoms with Crippen molar-refractivity contribution in [1.82, 2.24) is 20.0 Å². The zero-order valence-corrected chi connectivity index (χ0v) is 14.0. The van der Waals surface area contributed by atoms with Crippen molar-refractivity contribution in [3.8, 4) is 0 Å². The summed E-state index contributed by atoms with van der Waals surface area (Å²) in [6.45, 7) is 0.603. The SMILES string of the molecule is OC(Nc1cnn(Cc2cccc(Cl)c2)c1)c1[nH]nc2ccccc12. The predicted molar refractivity (Wildman–Crippen MR) is 97.5 cm³/mol. The fourth-order valence-electron chi connectivity index (χ4n) is 2.76. The first-order valence-corrected chi connectivity index (χ1v) is 8.21. The van der Waals surface area contributed by atoms with Gasteiger partial charge in [0.2, 0.25) is 0 Å². The molecule has 2 aromatic heterocycles. The Balaban J connectivity index is 1.49. The second kappa shape index (κ2) is 6.58. The first-order chi connectivity index (χ1) is 12.2. The third kappa shape index (κ3) is 3.35. The number of rotatable bonds is 5. The molecule has 2 aromatic carbocycles. The lowest BCUT2D eigenvalue weighted by molar-refractivity contribution is 0.204. The van der Waals surface area contributed by atoms with Crippen LogP contribution in [0.3, 0.4) is 0 Å². The average molecular weight is 354 g/mol. The summed E-state index contributed by atoms with van der Waals surface area (Å²) in [6.07, 6.45) is 2.60. The van der Waals surface area contributed by atoms with Gasteiger partial charge in [0.15, 0.2) is 6.23 Å². The van der Waals surface area contributed by atoms with Crippen molar-refractivity contribution in [2.24, 2.45) is 0 Å². The van der Waals surface area contributed by atoms with Gasteiger partial charge in [-0.25, -0.2) is 0 Å². The van der Waals surface area contributed by atoms with E-state index >= 15 is 0 Å². The van der Waals surface area contributed by atoms with Gasteiger partial charge in [0.1, 0.15) is 0 Å². The number of para-hydroxylation sites is 1. The van der Waals surface area contributed by atoms with E-state index in [2.05, 4.69) is 20.6 Å². The van der Waals surface area contributed by atoms with E-state index in [0.29, 0.717) is 22.9 Å². The highest BCUT2D eigenvalue weighted by atomic mass is 35.5. The highest BCUT2D eigenvalue weighted by Crippen LogP contribution is 2.23. The molecule has 0 radical (unpaired) electrons. The number of fused-ring (bicyclic) bond motifs is 1. The number of nitrogens with zero attached hydrogens (tertiary/aromatic N) is 3. The number of aliphatic hydroxyl groups is 1. The normalized spacial score (nSPS) is 12.4. The molecule has 7 heteroatoms. The maximum Gasteiger partial charge on any atom is 0.168 e. The Kier molecular flexibility index (Phi) is 4.13. The number of aromatic amines is 1. The highest BCUT2D eigenvalue weighted by Gasteiger charge is 2.14. The second-order valence-corrected chi connectivity index (χ2v) is 6.19. The van der Waals surface area contributed by atoms with Crippen LogP contribution in [0.5, 0.6) is 0 Å². The third-order valence-corrected chi connectivity index (χ3v) is 4.17. The fraction of sp³-hybridized carbons (Fsp3) is 0.111. The number of nitrogens with one attached hydrogen (secondary N) is 2. The van der Waals surface area contributed by atoms with Crippen molar-refractivity contribution in [3.63, 3.8) is 0 Å². The Bertz CT molecular complexity index is 1010. The topological polar surface area (TPSA) is 78.8 Å². The molecule has 2 heterocycles.